The summed E-state index contributed by atoms with van der Waals surface area (Å²) in [5.74, 6) is 1.10. The first-order valence-electron chi connectivity index (χ1n) is 10.4. The van der Waals surface area contributed by atoms with Crippen molar-refractivity contribution in [1.82, 2.24) is 19.8 Å². The summed E-state index contributed by atoms with van der Waals surface area (Å²) in [5, 5.41) is 0. The summed E-state index contributed by atoms with van der Waals surface area (Å²) < 4.78 is 0. The van der Waals surface area contributed by atoms with E-state index >= 15 is 0 Å². The summed E-state index contributed by atoms with van der Waals surface area (Å²) in [6, 6.07) is 4.09. The second kappa shape index (κ2) is 6.65. The van der Waals surface area contributed by atoms with Crippen LogP contribution in [0.4, 0.5) is 0 Å². The third-order valence-electron chi connectivity index (χ3n) is 6.55. The fourth-order valence-corrected chi connectivity index (χ4v) is 4.62. The molecular formula is C23H25N5O2. The molecule has 3 aliphatic rings. The highest BCUT2D eigenvalue weighted by molar-refractivity contribution is 6.13. The number of carbonyl (C=O) groups is 2. The van der Waals surface area contributed by atoms with Crippen molar-refractivity contribution in [3.05, 3.63) is 53.5 Å². The Morgan fingerprint density at radius 2 is 2.07 bits per heavy atom. The van der Waals surface area contributed by atoms with E-state index in [0.29, 0.717) is 12.4 Å². The lowest BCUT2D eigenvalue weighted by Crippen LogP contribution is -2.50. The first kappa shape index (κ1) is 18.8. The number of nitrogens with zero attached hydrogens (tertiary/aromatic N) is 4. The standard InChI is InChI=1S/C23H25N5O2/c1-14-11-16-17(12-15(14)2)25-21(24-16)18-7-6-9-27(18)20(29)13-23(3)22(30)26-19-8-4-5-10-28(19)23/h4-5,8,10-12,18H,6-7,9,13H2,1-3H3,(H,24,25)/t18-,23+/m0/s1. The van der Waals surface area contributed by atoms with Gasteiger partial charge in [0.25, 0.3) is 5.91 Å². The van der Waals surface area contributed by atoms with Crippen molar-refractivity contribution in [1.29, 1.82) is 0 Å². The monoisotopic (exact) mass is 403 g/mol. The summed E-state index contributed by atoms with van der Waals surface area (Å²) in [6.45, 7) is 6.63. The average Bonchev–Trinajstić information content (AvgIpc) is 3.40. The van der Waals surface area contributed by atoms with Crippen molar-refractivity contribution in [2.75, 3.05) is 6.54 Å². The number of rotatable bonds is 3. The molecule has 0 aliphatic carbocycles. The molecule has 1 aromatic heterocycles. The van der Waals surface area contributed by atoms with Crippen molar-refractivity contribution in [2.24, 2.45) is 4.99 Å². The molecule has 0 bridgehead atoms. The Balaban J connectivity index is 1.40. The van der Waals surface area contributed by atoms with Gasteiger partial charge in [0.05, 0.1) is 23.5 Å². The highest BCUT2D eigenvalue weighted by Gasteiger charge is 2.48. The van der Waals surface area contributed by atoms with Gasteiger partial charge in [0.2, 0.25) is 5.91 Å². The van der Waals surface area contributed by atoms with Crippen LogP contribution in [0.2, 0.25) is 0 Å². The van der Waals surface area contributed by atoms with Crippen LogP contribution < -0.4 is 0 Å². The molecule has 7 nitrogen and oxygen atoms in total. The fourth-order valence-electron chi connectivity index (χ4n) is 4.62. The molecule has 0 radical (unpaired) electrons. The van der Waals surface area contributed by atoms with Crippen molar-refractivity contribution >= 4 is 28.7 Å². The van der Waals surface area contributed by atoms with Crippen molar-refractivity contribution in [2.45, 2.75) is 51.6 Å². The zero-order valence-electron chi connectivity index (χ0n) is 17.5. The summed E-state index contributed by atoms with van der Waals surface area (Å²) >= 11 is 0. The van der Waals surface area contributed by atoms with Crippen molar-refractivity contribution < 1.29 is 9.59 Å². The van der Waals surface area contributed by atoms with Crippen LogP contribution in [0, 0.1) is 13.8 Å². The number of allylic oxidation sites excluding steroid dienone is 2. The second-order valence-corrected chi connectivity index (χ2v) is 8.62. The molecular weight excluding hydrogens is 378 g/mol. The Morgan fingerprint density at radius 1 is 1.27 bits per heavy atom. The number of amidine groups is 1. The third kappa shape index (κ3) is 2.80. The van der Waals surface area contributed by atoms with E-state index in [0.717, 1.165) is 29.7 Å². The van der Waals surface area contributed by atoms with Gasteiger partial charge in [-0.05, 0) is 69.0 Å². The van der Waals surface area contributed by atoms with Gasteiger partial charge in [0, 0.05) is 12.7 Å². The Labute approximate surface area is 175 Å². The molecule has 30 heavy (non-hydrogen) atoms. The normalized spacial score (nSPS) is 25.4. The molecule has 1 aromatic carbocycles. The minimum atomic E-state index is -0.983. The second-order valence-electron chi connectivity index (χ2n) is 8.62. The first-order chi connectivity index (χ1) is 14.4. The van der Waals surface area contributed by atoms with Crippen LogP contribution in [-0.4, -0.2) is 49.5 Å². The van der Waals surface area contributed by atoms with E-state index < -0.39 is 5.54 Å². The van der Waals surface area contributed by atoms with E-state index in [1.54, 1.807) is 13.0 Å². The number of carbonyl (C=O) groups excluding carboxylic acids is 2. The molecule has 1 saturated heterocycles. The lowest BCUT2D eigenvalue weighted by atomic mass is 9.94. The van der Waals surface area contributed by atoms with Crippen molar-refractivity contribution in [3.8, 4) is 0 Å². The Hall–Kier alpha value is -3.22. The van der Waals surface area contributed by atoms with E-state index in [2.05, 4.69) is 36.0 Å². The van der Waals surface area contributed by atoms with Gasteiger partial charge in [0.15, 0.2) is 0 Å². The predicted octanol–water partition coefficient (Wildman–Crippen LogP) is 3.32. The van der Waals surface area contributed by atoms with Gasteiger partial charge in [-0.3, -0.25) is 9.59 Å². The van der Waals surface area contributed by atoms with E-state index in [4.69, 9.17) is 4.98 Å². The SMILES string of the molecule is Cc1cc2nc([C@@H]3CCCN3C(=O)C[C@]3(C)C(=O)N=C4C=CC=CN43)[nH]c2cc1C. The van der Waals surface area contributed by atoms with Gasteiger partial charge in [-0.1, -0.05) is 6.08 Å². The zero-order valence-corrected chi connectivity index (χ0v) is 17.5. The molecule has 154 valence electrons. The van der Waals surface area contributed by atoms with E-state index in [9.17, 15) is 9.59 Å². The largest absolute Gasteiger partial charge is 0.340 e. The maximum atomic E-state index is 13.3. The number of imidazole rings is 1. The molecule has 1 N–H and O–H groups in total. The molecule has 7 heteroatoms. The number of H-pyrrole nitrogens is 1. The number of benzene rings is 1. The molecule has 4 heterocycles. The molecule has 2 amide bonds. The van der Waals surface area contributed by atoms with Gasteiger partial charge in [-0.15, -0.1) is 0 Å². The Morgan fingerprint density at radius 3 is 2.90 bits per heavy atom. The molecule has 3 aliphatic heterocycles. The molecule has 0 spiro atoms. The number of aliphatic imine (C=N–C) groups is 1. The Kier molecular flexibility index (Phi) is 4.17. The Bertz CT molecular complexity index is 1120. The molecule has 1 fully saturated rings. The van der Waals surface area contributed by atoms with Crippen LogP contribution in [-0.2, 0) is 9.59 Å². The molecule has 5 rings (SSSR count). The first-order valence-corrected chi connectivity index (χ1v) is 10.4. The maximum absolute atomic E-state index is 13.3. The quantitative estimate of drug-likeness (QED) is 0.852. The van der Waals surface area contributed by atoms with E-state index in [1.165, 1.54) is 11.1 Å². The van der Waals surface area contributed by atoms with Crippen LogP contribution in [0.1, 0.15) is 49.2 Å². The number of aromatic nitrogens is 2. The number of nitrogens with one attached hydrogen (secondary N) is 1. The number of aryl methyl sites for hydroxylation is 2. The number of likely N-dealkylation sites (tertiary alicyclic amines) is 1. The number of amides is 2. The van der Waals surface area contributed by atoms with Crippen LogP contribution >= 0.6 is 0 Å². The summed E-state index contributed by atoms with van der Waals surface area (Å²) in [6.07, 6.45) is 9.20. The molecule has 0 saturated carbocycles. The number of fused-ring (bicyclic) bond motifs is 2. The van der Waals surface area contributed by atoms with Gasteiger partial charge in [-0.2, -0.15) is 4.99 Å². The van der Waals surface area contributed by atoms with E-state index in [-0.39, 0.29) is 24.3 Å². The molecule has 0 unspecified atom stereocenters. The summed E-state index contributed by atoms with van der Waals surface area (Å²) in [5.41, 5.74) is 3.35. The molecule has 2 atom stereocenters. The summed E-state index contributed by atoms with van der Waals surface area (Å²) in [7, 11) is 0. The van der Waals surface area contributed by atoms with E-state index in [1.807, 2.05) is 28.2 Å². The third-order valence-corrected chi connectivity index (χ3v) is 6.55. The van der Waals surface area contributed by atoms with Crippen LogP contribution in [0.15, 0.2) is 41.6 Å². The highest BCUT2D eigenvalue weighted by Crippen LogP contribution is 2.36. The van der Waals surface area contributed by atoms with Gasteiger partial charge in [-0.25, -0.2) is 4.98 Å². The van der Waals surface area contributed by atoms with Gasteiger partial charge >= 0.3 is 0 Å². The zero-order chi connectivity index (χ0) is 21.0. The fraction of sp³-hybridized carbons (Fsp3) is 0.391. The topological polar surface area (TPSA) is 81.7 Å². The lowest BCUT2D eigenvalue weighted by molar-refractivity contribution is -0.138. The average molecular weight is 403 g/mol. The minimum absolute atomic E-state index is 0.0411. The maximum Gasteiger partial charge on any atom is 0.274 e. The minimum Gasteiger partial charge on any atom is -0.340 e. The van der Waals surface area contributed by atoms with Crippen molar-refractivity contribution in [3.63, 3.8) is 0 Å². The predicted molar refractivity (Wildman–Crippen MR) is 115 cm³/mol. The highest BCUT2D eigenvalue weighted by atomic mass is 16.2. The lowest BCUT2D eigenvalue weighted by Gasteiger charge is -2.34. The summed E-state index contributed by atoms with van der Waals surface area (Å²) in [4.78, 5) is 42.0. The van der Waals surface area contributed by atoms with Crippen LogP contribution in [0.5, 0.6) is 0 Å². The number of hydrogen-bond donors (Lipinski definition) is 1. The number of hydrogen-bond acceptors (Lipinski definition) is 4. The smallest absolute Gasteiger partial charge is 0.274 e. The van der Waals surface area contributed by atoms with Gasteiger partial charge < -0.3 is 14.8 Å². The van der Waals surface area contributed by atoms with Crippen LogP contribution in [0.3, 0.4) is 0 Å². The van der Waals surface area contributed by atoms with Crippen LogP contribution in [0.25, 0.3) is 11.0 Å². The molecule has 2 aromatic rings. The number of aromatic amines is 1. The van der Waals surface area contributed by atoms with Gasteiger partial charge in [0.1, 0.15) is 17.2 Å².